The first kappa shape index (κ1) is 16.8. The van der Waals surface area contributed by atoms with Gasteiger partial charge in [-0.2, -0.15) is 0 Å². The molecule has 116 valence electrons. The minimum absolute atomic E-state index is 0.0463. The molecule has 2 rings (SSSR count). The van der Waals surface area contributed by atoms with Crippen LogP contribution in [-0.2, 0) is 10.0 Å². The minimum atomic E-state index is -3.58. The van der Waals surface area contributed by atoms with Gasteiger partial charge in [-0.25, -0.2) is 13.1 Å². The first-order valence-electron chi connectivity index (χ1n) is 6.13. The molecule has 0 unspecified atom stereocenters. The van der Waals surface area contributed by atoms with Crippen molar-refractivity contribution in [3.05, 3.63) is 58.1 Å². The Labute approximate surface area is 138 Å². The van der Waals surface area contributed by atoms with Gasteiger partial charge in [0.05, 0.1) is 15.5 Å². The number of halogens is 2. The van der Waals surface area contributed by atoms with Crippen molar-refractivity contribution in [3.8, 4) is 0 Å². The van der Waals surface area contributed by atoms with Crippen molar-refractivity contribution in [3.63, 3.8) is 0 Å². The number of carbonyl (C=O) groups is 1. The summed E-state index contributed by atoms with van der Waals surface area (Å²) in [5, 5.41) is 3.22. The molecule has 0 heterocycles. The number of hydrogen-bond acceptors (Lipinski definition) is 3. The van der Waals surface area contributed by atoms with Crippen LogP contribution < -0.4 is 10.0 Å². The summed E-state index contributed by atoms with van der Waals surface area (Å²) in [6.07, 6.45) is 0. The van der Waals surface area contributed by atoms with Gasteiger partial charge in [0, 0.05) is 10.7 Å². The highest BCUT2D eigenvalue weighted by Crippen LogP contribution is 2.22. The highest BCUT2D eigenvalue weighted by atomic mass is 35.5. The highest BCUT2D eigenvalue weighted by Gasteiger charge is 2.14. The summed E-state index contributed by atoms with van der Waals surface area (Å²) in [6, 6.07) is 10.4. The summed E-state index contributed by atoms with van der Waals surface area (Å²) in [5.41, 5.74) is 0.536. The molecule has 0 saturated carbocycles. The fourth-order valence-corrected chi connectivity index (χ4v) is 2.88. The van der Waals surface area contributed by atoms with Crippen molar-refractivity contribution in [1.82, 2.24) is 4.72 Å². The Bertz CT molecular complexity index is 823. The van der Waals surface area contributed by atoms with E-state index in [0.29, 0.717) is 10.7 Å². The van der Waals surface area contributed by atoms with Crippen molar-refractivity contribution in [1.29, 1.82) is 0 Å². The van der Waals surface area contributed by atoms with Crippen LogP contribution >= 0.6 is 23.2 Å². The zero-order chi connectivity index (χ0) is 16.3. The predicted octanol–water partition coefficient (Wildman–Crippen LogP) is 3.15. The lowest BCUT2D eigenvalue weighted by Crippen LogP contribution is -2.19. The second-order valence-electron chi connectivity index (χ2n) is 4.31. The average Bonchev–Trinajstić information content (AvgIpc) is 2.50. The number of carbonyl (C=O) groups excluding carboxylic acids is 1. The number of hydrogen-bond donors (Lipinski definition) is 2. The quantitative estimate of drug-likeness (QED) is 0.881. The number of benzene rings is 2. The standard InChI is InChI=1S/C14H12Cl2N2O3S/c1-17-22(20,21)11-4-2-3-10(8-11)18-14(19)12-7-9(15)5-6-13(12)16/h2-8,17H,1H3,(H,18,19). The third-order valence-corrected chi connectivity index (χ3v) is 4.82. The Hall–Kier alpha value is -1.60. The van der Waals surface area contributed by atoms with E-state index in [9.17, 15) is 13.2 Å². The summed E-state index contributed by atoms with van der Waals surface area (Å²) in [6.45, 7) is 0. The maximum atomic E-state index is 12.2. The first-order valence-corrected chi connectivity index (χ1v) is 8.37. The molecule has 0 radical (unpaired) electrons. The fourth-order valence-electron chi connectivity index (χ4n) is 1.73. The smallest absolute Gasteiger partial charge is 0.257 e. The highest BCUT2D eigenvalue weighted by molar-refractivity contribution is 7.89. The van der Waals surface area contributed by atoms with E-state index in [1.54, 1.807) is 12.1 Å². The summed E-state index contributed by atoms with van der Waals surface area (Å²) in [5.74, 6) is -0.480. The van der Waals surface area contributed by atoms with Crippen LogP contribution in [0.1, 0.15) is 10.4 Å². The van der Waals surface area contributed by atoms with Crippen LogP contribution in [0.2, 0.25) is 10.0 Å². The zero-order valence-corrected chi connectivity index (χ0v) is 13.8. The molecule has 0 aliphatic rings. The Morgan fingerprint density at radius 2 is 1.82 bits per heavy atom. The number of rotatable bonds is 4. The molecule has 0 spiro atoms. The van der Waals surface area contributed by atoms with Crippen molar-refractivity contribution in [2.75, 3.05) is 12.4 Å². The molecule has 0 aromatic heterocycles. The third-order valence-electron chi connectivity index (χ3n) is 2.84. The van der Waals surface area contributed by atoms with E-state index in [1.165, 1.54) is 37.4 Å². The van der Waals surface area contributed by atoms with Gasteiger partial charge in [0.1, 0.15) is 0 Å². The number of anilines is 1. The number of amides is 1. The van der Waals surface area contributed by atoms with Crippen molar-refractivity contribution in [2.45, 2.75) is 4.90 Å². The van der Waals surface area contributed by atoms with E-state index in [0.717, 1.165) is 0 Å². The van der Waals surface area contributed by atoms with Gasteiger partial charge in [-0.05, 0) is 43.4 Å². The van der Waals surface area contributed by atoms with Gasteiger partial charge in [-0.1, -0.05) is 29.3 Å². The number of nitrogens with one attached hydrogen (secondary N) is 2. The van der Waals surface area contributed by atoms with Crippen LogP contribution in [0.5, 0.6) is 0 Å². The minimum Gasteiger partial charge on any atom is -0.322 e. The van der Waals surface area contributed by atoms with E-state index < -0.39 is 15.9 Å². The molecule has 2 aromatic rings. The molecule has 0 saturated heterocycles. The predicted molar refractivity (Wildman–Crippen MR) is 87.1 cm³/mol. The van der Waals surface area contributed by atoms with Gasteiger partial charge < -0.3 is 5.32 Å². The van der Waals surface area contributed by atoms with Gasteiger partial charge in [-0.3, -0.25) is 4.79 Å². The Balaban J connectivity index is 2.30. The SMILES string of the molecule is CNS(=O)(=O)c1cccc(NC(=O)c2cc(Cl)ccc2Cl)c1. The van der Waals surface area contributed by atoms with Crippen LogP contribution in [0.3, 0.4) is 0 Å². The maximum absolute atomic E-state index is 12.2. The Morgan fingerprint density at radius 1 is 1.09 bits per heavy atom. The van der Waals surface area contributed by atoms with Crippen LogP contribution in [0.4, 0.5) is 5.69 Å². The lowest BCUT2D eigenvalue weighted by molar-refractivity contribution is 0.102. The molecule has 0 fully saturated rings. The normalized spacial score (nSPS) is 11.2. The largest absolute Gasteiger partial charge is 0.322 e. The molecule has 2 N–H and O–H groups in total. The van der Waals surface area contributed by atoms with Crippen LogP contribution in [-0.4, -0.2) is 21.4 Å². The van der Waals surface area contributed by atoms with Gasteiger partial charge in [0.2, 0.25) is 10.0 Å². The average molecular weight is 359 g/mol. The van der Waals surface area contributed by atoms with Crippen LogP contribution in [0, 0.1) is 0 Å². The summed E-state index contributed by atoms with van der Waals surface area (Å²) in [4.78, 5) is 12.2. The molecule has 1 amide bonds. The molecular formula is C14H12Cl2N2O3S. The molecule has 8 heteroatoms. The molecule has 0 aliphatic heterocycles. The summed E-state index contributed by atoms with van der Waals surface area (Å²) < 4.78 is 25.7. The van der Waals surface area contributed by atoms with E-state index in [2.05, 4.69) is 10.0 Å². The molecule has 5 nitrogen and oxygen atoms in total. The van der Waals surface area contributed by atoms with Gasteiger partial charge in [0.15, 0.2) is 0 Å². The van der Waals surface area contributed by atoms with Crippen molar-refractivity contribution in [2.24, 2.45) is 0 Å². The monoisotopic (exact) mass is 358 g/mol. The molecule has 0 aliphatic carbocycles. The van der Waals surface area contributed by atoms with E-state index in [1.807, 2.05) is 0 Å². The molecule has 22 heavy (non-hydrogen) atoms. The lowest BCUT2D eigenvalue weighted by atomic mass is 10.2. The lowest BCUT2D eigenvalue weighted by Gasteiger charge is -2.09. The van der Waals surface area contributed by atoms with Crippen LogP contribution in [0.15, 0.2) is 47.4 Å². The Morgan fingerprint density at radius 3 is 2.50 bits per heavy atom. The van der Waals surface area contributed by atoms with Crippen molar-refractivity contribution >= 4 is 44.8 Å². The van der Waals surface area contributed by atoms with Gasteiger partial charge >= 0.3 is 0 Å². The summed E-state index contributed by atoms with van der Waals surface area (Å²) in [7, 11) is -2.27. The molecule has 0 atom stereocenters. The number of sulfonamides is 1. The van der Waals surface area contributed by atoms with Gasteiger partial charge in [-0.15, -0.1) is 0 Å². The molecule has 2 aromatic carbocycles. The maximum Gasteiger partial charge on any atom is 0.257 e. The molecular weight excluding hydrogens is 347 g/mol. The topological polar surface area (TPSA) is 75.3 Å². The first-order chi connectivity index (χ1) is 10.3. The van der Waals surface area contributed by atoms with Crippen LogP contribution in [0.25, 0.3) is 0 Å². The van der Waals surface area contributed by atoms with Gasteiger partial charge in [0.25, 0.3) is 5.91 Å². The van der Waals surface area contributed by atoms with E-state index >= 15 is 0 Å². The molecule has 0 bridgehead atoms. The summed E-state index contributed by atoms with van der Waals surface area (Å²) >= 11 is 11.8. The van der Waals surface area contributed by atoms with E-state index in [-0.39, 0.29) is 15.5 Å². The zero-order valence-electron chi connectivity index (χ0n) is 11.4. The third kappa shape index (κ3) is 3.78. The van der Waals surface area contributed by atoms with E-state index in [4.69, 9.17) is 23.2 Å². The second-order valence-corrected chi connectivity index (χ2v) is 7.04. The second kappa shape index (κ2) is 6.66. The Kier molecular flexibility index (Phi) is 5.08. The van der Waals surface area contributed by atoms with Crippen molar-refractivity contribution < 1.29 is 13.2 Å². The fraction of sp³-hybridized carbons (Fsp3) is 0.0714.